The molecule has 1 spiro atoms. The molecule has 0 unspecified atom stereocenters. The molecular formula is C14H18ClN2OS+. The number of carbonyl (C=O) groups is 1. The van der Waals surface area contributed by atoms with E-state index in [-0.39, 0.29) is 10.8 Å². The number of hydrogen-bond donors (Lipinski definition) is 1. The van der Waals surface area contributed by atoms with E-state index >= 15 is 0 Å². The largest absolute Gasteiger partial charge is 0.346 e. The van der Waals surface area contributed by atoms with E-state index in [1.165, 1.54) is 0 Å². The Hall–Kier alpha value is -0.710. The van der Waals surface area contributed by atoms with E-state index in [1.54, 1.807) is 6.07 Å². The van der Waals surface area contributed by atoms with Crippen molar-refractivity contribution in [1.29, 1.82) is 0 Å². The highest BCUT2D eigenvalue weighted by atomic mass is 35.5. The first kappa shape index (κ1) is 13.3. The lowest BCUT2D eigenvalue weighted by Crippen LogP contribution is -2.88. The van der Waals surface area contributed by atoms with Gasteiger partial charge in [-0.3, -0.25) is 4.79 Å². The Balaban J connectivity index is 1.86. The van der Waals surface area contributed by atoms with Gasteiger partial charge in [-0.25, -0.2) is 0 Å². The SMILES string of the molecule is O=C(c1cccc(Cl)c1)N1CCSC12CC[NH2+]CC2. The van der Waals surface area contributed by atoms with Crippen LogP contribution in [0.1, 0.15) is 23.2 Å². The third-order valence-corrected chi connectivity index (χ3v) is 5.76. The molecule has 2 N–H and O–H groups in total. The second-order valence-corrected chi connectivity index (χ2v) is 7.02. The molecule has 3 nitrogen and oxygen atoms in total. The highest BCUT2D eigenvalue weighted by molar-refractivity contribution is 8.00. The van der Waals surface area contributed by atoms with Gasteiger partial charge in [0.25, 0.3) is 5.91 Å². The van der Waals surface area contributed by atoms with Crippen molar-refractivity contribution >= 4 is 29.3 Å². The van der Waals surface area contributed by atoms with Crippen LogP contribution >= 0.6 is 23.4 Å². The normalized spacial score (nSPS) is 21.8. The first-order chi connectivity index (χ1) is 9.21. The first-order valence-electron chi connectivity index (χ1n) is 6.74. The van der Waals surface area contributed by atoms with Gasteiger partial charge >= 0.3 is 0 Å². The predicted octanol–water partition coefficient (Wildman–Crippen LogP) is 1.58. The maximum absolute atomic E-state index is 12.7. The second kappa shape index (κ2) is 5.35. The van der Waals surface area contributed by atoms with Crippen LogP contribution in [0.15, 0.2) is 24.3 Å². The summed E-state index contributed by atoms with van der Waals surface area (Å²) in [5.41, 5.74) is 0.712. The van der Waals surface area contributed by atoms with Crippen LogP contribution in [0.25, 0.3) is 0 Å². The Morgan fingerprint density at radius 3 is 2.89 bits per heavy atom. The minimum absolute atomic E-state index is 0.0359. The van der Waals surface area contributed by atoms with Crippen LogP contribution in [0, 0.1) is 0 Å². The highest BCUT2D eigenvalue weighted by Gasteiger charge is 2.46. The van der Waals surface area contributed by atoms with E-state index in [0.717, 1.165) is 38.2 Å². The molecule has 0 bridgehead atoms. The van der Waals surface area contributed by atoms with Crippen LogP contribution in [0.5, 0.6) is 0 Å². The third-order valence-electron chi connectivity index (χ3n) is 3.97. The quantitative estimate of drug-likeness (QED) is 0.854. The molecular weight excluding hydrogens is 280 g/mol. The Labute approximate surface area is 122 Å². The Morgan fingerprint density at radius 2 is 2.16 bits per heavy atom. The van der Waals surface area contributed by atoms with Crippen LogP contribution in [0.3, 0.4) is 0 Å². The summed E-state index contributed by atoms with van der Waals surface area (Å²) in [6.07, 6.45) is 2.17. The minimum atomic E-state index is 0.0359. The van der Waals surface area contributed by atoms with Gasteiger partial charge in [-0.05, 0) is 18.2 Å². The molecule has 0 aromatic heterocycles. The average molecular weight is 298 g/mol. The number of quaternary nitrogens is 1. The van der Waals surface area contributed by atoms with Gasteiger partial charge in [0.15, 0.2) is 0 Å². The summed E-state index contributed by atoms with van der Waals surface area (Å²) in [6, 6.07) is 7.29. The number of rotatable bonds is 1. The molecule has 5 heteroatoms. The van der Waals surface area contributed by atoms with E-state index in [2.05, 4.69) is 10.2 Å². The molecule has 1 aromatic rings. The minimum Gasteiger partial charge on any atom is -0.346 e. The number of halogens is 1. The molecule has 1 amide bonds. The first-order valence-corrected chi connectivity index (χ1v) is 8.11. The highest BCUT2D eigenvalue weighted by Crippen LogP contribution is 2.42. The van der Waals surface area contributed by atoms with Crippen molar-refractivity contribution < 1.29 is 10.1 Å². The summed E-state index contributed by atoms with van der Waals surface area (Å²) < 4.78 is 0. The molecule has 1 aromatic carbocycles. The molecule has 0 radical (unpaired) electrons. The number of nitrogens with zero attached hydrogens (tertiary/aromatic N) is 1. The van der Waals surface area contributed by atoms with E-state index < -0.39 is 0 Å². The molecule has 2 heterocycles. The fourth-order valence-corrected chi connectivity index (χ4v) is 4.71. The summed E-state index contributed by atoms with van der Waals surface area (Å²) in [5, 5.41) is 2.97. The smallest absolute Gasteiger partial charge is 0.255 e. The van der Waals surface area contributed by atoms with Gasteiger partial charge in [0.1, 0.15) is 0 Å². The van der Waals surface area contributed by atoms with Gasteiger partial charge in [-0.2, -0.15) is 0 Å². The number of piperidine rings is 1. The summed E-state index contributed by atoms with van der Waals surface area (Å²) in [7, 11) is 0. The molecule has 2 aliphatic heterocycles. The zero-order chi connectivity index (χ0) is 13.3. The summed E-state index contributed by atoms with van der Waals surface area (Å²) in [4.78, 5) is 14.8. The standard InChI is InChI=1S/C14H17ClN2OS/c15-12-3-1-2-11(10-12)13(18)17-8-9-19-14(17)4-6-16-7-5-14/h1-3,10,16H,4-9H2/p+1. The van der Waals surface area contributed by atoms with Crippen LogP contribution in [-0.4, -0.2) is 41.1 Å². The lowest BCUT2D eigenvalue weighted by atomic mass is 10.0. The van der Waals surface area contributed by atoms with Gasteiger partial charge < -0.3 is 10.2 Å². The van der Waals surface area contributed by atoms with Crippen LogP contribution in [-0.2, 0) is 0 Å². The number of hydrogen-bond acceptors (Lipinski definition) is 2. The van der Waals surface area contributed by atoms with Crippen molar-refractivity contribution in [3.8, 4) is 0 Å². The van der Waals surface area contributed by atoms with Gasteiger partial charge in [-0.1, -0.05) is 17.7 Å². The van der Waals surface area contributed by atoms with Gasteiger partial charge in [0.05, 0.1) is 18.0 Å². The number of thioether (sulfide) groups is 1. The Kier molecular flexibility index (Phi) is 3.74. The van der Waals surface area contributed by atoms with E-state index in [4.69, 9.17) is 11.6 Å². The molecule has 0 saturated carbocycles. The predicted molar refractivity (Wildman–Crippen MR) is 78.6 cm³/mol. The number of benzene rings is 1. The zero-order valence-corrected chi connectivity index (χ0v) is 12.3. The van der Waals surface area contributed by atoms with Gasteiger partial charge in [0, 0.05) is 35.7 Å². The van der Waals surface area contributed by atoms with Gasteiger partial charge in [0.2, 0.25) is 0 Å². The van der Waals surface area contributed by atoms with E-state index in [9.17, 15) is 4.79 Å². The summed E-state index contributed by atoms with van der Waals surface area (Å²) >= 11 is 7.95. The zero-order valence-electron chi connectivity index (χ0n) is 10.8. The molecule has 2 fully saturated rings. The van der Waals surface area contributed by atoms with Crippen molar-refractivity contribution in [1.82, 2.24) is 4.90 Å². The van der Waals surface area contributed by atoms with Crippen LogP contribution in [0.4, 0.5) is 0 Å². The monoisotopic (exact) mass is 297 g/mol. The molecule has 0 atom stereocenters. The maximum atomic E-state index is 12.7. The van der Waals surface area contributed by atoms with Crippen molar-refractivity contribution in [3.63, 3.8) is 0 Å². The number of amides is 1. The van der Waals surface area contributed by atoms with Crippen molar-refractivity contribution in [3.05, 3.63) is 34.9 Å². The molecule has 2 saturated heterocycles. The molecule has 2 aliphatic rings. The molecule has 102 valence electrons. The van der Waals surface area contributed by atoms with E-state index in [1.807, 2.05) is 30.0 Å². The average Bonchev–Trinajstić information content (AvgIpc) is 2.82. The van der Waals surface area contributed by atoms with Crippen LogP contribution in [0.2, 0.25) is 5.02 Å². The van der Waals surface area contributed by atoms with Crippen molar-refractivity contribution in [2.24, 2.45) is 0 Å². The van der Waals surface area contributed by atoms with Crippen molar-refractivity contribution in [2.75, 3.05) is 25.4 Å². The van der Waals surface area contributed by atoms with E-state index in [0.29, 0.717) is 10.6 Å². The maximum Gasteiger partial charge on any atom is 0.255 e. The molecule has 0 aliphatic carbocycles. The fraction of sp³-hybridized carbons (Fsp3) is 0.500. The Bertz CT molecular complexity index is 488. The van der Waals surface area contributed by atoms with Crippen molar-refractivity contribution in [2.45, 2.75) is 17.7 Å². The van der Waals surface area contributed by atoms with Crippen LogP contribution < -0.4 is 5.32 Å². The summed E-state index contributed by atoms with van der Waals surface area (Å²) in [5.74, 6) is 1.18. The number of nitrogens with two attached hydrogens (primary N) is 1. The number of carbonyl (C=O) groups excluding carboxylic acids is 1. The summed E-state index contributed by atoms with van der Waals surface area (Å²) in [6.45, 7) is 3.09. The lowest BCUT2D eigenvalue weighted by molar-refractivity contribution is -0.664. The second-order valence-electron chi connectivity index (χ2n) is 5.13. The fourth-order valence-electron chi connectivity index (χ4n) is 3.01. The third kappa shape index (κ3) is 2.49. The lowest BCUT2D eigenvalue weighted by Gasteiger charge is -2.39. The topological polar surface area (TPSA) is 36.9 Å². The molecule has 3 rings (SSSR count). The van der Waals surface area contributed by atoms with Gasteiger partial charge in [-0.15, -0.1) is 11.8 Å². The molecule has 19 heavy (non-hydrogen) atoms. The Morgan fingerprint density at radius 1 is 1.37 bits per heavy atom.